The van der Waals surface area contributed by atoms with Crippen LogP contribution in [0.15, 0.2) is 12.1 Å². The number of nitrogens with zero attached hydrogens (tertiary/aromatic N) is 1. The lowest BCUT2D eigenvalue weighted by Crippen LogP contribution is -2.34. The fraction of sp³-hybridized carbons (Fsp3) is 0.500. The lowest BCUT2D eigenvalue weighted by atomic mass is 9.90. The molecule has 0 bridgehead atoms. The molecule has 0 aliphatic carbocycles. The third kappa shape index (κ3) is 3.41. The molecule has 1 aromatic heterocycles. The van der Waals surface area contributed by atoms with Crippen molar-refractivity contribution in [3.8, 4) is 0 Å². The molecule has 2 amide bonds. The number of nitrogens with one attached hydrogen (secondary N) is 1. The smallest absolute Gasteiger partial charge is 0.311 e. The van der Waals surface area contributed by atoms with Crippen molar-refractivity contribution in [2.24, 2.45) is 5.41 Å². The van der Waals surface area contributed by atoms with Gasteiger partial charge >= 0.3 is 5.97 Å². The zero-order chi connectivity index (χ0) is 15.6. The van der Waals surface area contributed by atoms with E-state index in [2.05, 4.69) is 5.32 Å². The van der Waals surface area contributed by atoms with Gasteiger partial charge in [-0.3, -0.25) is 14.4 Å². The van der Waals surface area contributed by atoms with Crippen LogP contribution in [0, 0.1) is 5.41 Å². The van der Waals surface area contributed by atoms with Crippen molar-refractivity contribution in [2.75, 3.05) is 13.1 Å². The molecular weight excluding hydrogens is 292 g/mol. The van der Waals surface area contributed by atoms with Gasteiger partial charge in [-0.15, -0.1) is 11.3 Å². The summed E-state index contributed by atoms with van der Waals surface area (Å²) in [4.78, 5) is 37.5. The number of hydrogen-bond acceptors (Lipinski definition) is 4. The van der Waals surface area contributed by atoms with Gasteiger partial charge in [0.15, 0.2) is 0 Å². The second-order valence-corrected chi connectivity index (χ2v) is 6.69. The van der Waals surface area contributed by atoms with Crippen LogP contribution in [0.2, 0.25) is 0 Å². The number of amides is 2. The topological polar surface area (TPSA) is 86.7 Å². The van der Waals surface area contributed by atoms with Crippen LogP contribution in [0.1, 0.15) is 34.8 Å². The highest BCUT2D eigenvalue weighted by molar-refractivity contribution is 7.14. The Balaban J connectivity index is 2.01. The Kier molecular flexibility index (Phi) is 4.32. The molecule has 114 valence electrons. The first-order chi connectivity index (χ1) is 9.82. The van der Waals surface area contributed by atoms with Gasteiger partial charge in [0.1, 0.15) is 0 Å². The highest BCUT2D eigenvalue weighted by atomic mass is 32.1. The molecule has 0 unspecified atom stereocenters. The fourth-order valence-corrected chi connectivity index (χ4v) is 3.18. The molecule has 21 heavy (non-hydrogen) atoms. The highest BCUT2D eigenvalue weighted by Gasteiger charge is 2.42. The van der Waals surface area contributed by atoms with E-state index in [9.17, 15) is 19.5 Å². The van der Waals surface area contributed by atoms with Gasteiger partial charge in [-0.1, -0.05) is 0 Å². The Hall–Kier alpha value is -1.89. The lowest BCUT2D eigenvalue weighted by Gasteiger charge is -2.19. The molecule has 1 aliphatic heterocycles. The van der Waals surface area contributed by atoms with E-state index in [4.69, 9.17) is 0 Å². The first-order valence-corrected chi connectivity index (χ1v) is 7.49. The van der Waals surface area contributed by atoms with Crippen molar-refractivity contribution in [1.82, 2.24) is 10.2 Å². The third-order valence-corrected chi connectivity index (χ3v) is 4.73. The Morgan fingerprint density at radius 2 is 2.14 bits per heavy atom. The number of carbonyl (C=O) groups is 3. The van der Waals surface area contributed by atoms with Crippen LogP contribution < -0.4 is 5.32 Å². The monoisotopic (exact) mass is 310 g/mol. The molecule has 0 saturated carbocycles. The van der Waals surface area contributed by atoms with E-state index in [1.54, 1.807) is 24.0 Å². The summed E-state index contributed by atoms with van der Waals surface area (Å²) in [6.45, 7) is 4.21. The number of carboxylic acids is 1. The zero-order valence-corrected chi connectivity index (χ0v) is 12.8. The van der Waals surface area contributed by atoms with E-state index in [-0.39, 0.29) is 18.4 Å². The Labute approximate surface area is 126 Å². The molecule has 0 aromatic carbocycles. The number of carbonyl (C=O) groups excluding carboxylic acids is 2. The summed E-state index contributed by atoms with van der Waals surface area (Å²) >= 11 is 1.32. The number of aliphatic carboxylic acids is 1. The van der Waals surface area contributed by atoms with E-state index in [0.717, 1.165) is 4.88 Å². The van der Waals surface area contributed by atoms with Crippen molar-refractivity contribution in [3.05, 3.63) is 21.9 Å². The molecule has 1 saturated heterocycles. The molecule has 1 fully saturated rings. The van der Waals surface area contributed by atoms with Crippen LogP contribution >= 0.6 is 11.3 Å². The average Bonchev–Trinajstić information content (AvgIpc) is 3.03. The summed E-state index contributed by atoms with van der Waals surface area (Å²) < 4.78 is 0. The van der Waals surface area contributed by atoms with Gasteiger partial charge in [0.05, 0.1) is 16.8 Å². The van der Waals surface area contributed by atoms with Crippen LogP contribution in [0.4, 0.5) is 0 Å². The first-order valence-electron chi connectivity index (χ1n) is 6.68. The van der Waals surface area contributed by atoms with Gasteiger partial charge < -0.3 is 15.3 Å². The second kappa shape index (κ2) is 5.85. The Morgan fingerprint density at radius 3 is 2.71 bits per heavy atom. The SMILES string of the molecule is CC(=O)NCc1ccc(C(=O)N2CC[C@](C)(C(=O)O)C2)s1. The molecule has 2 rings (SSSR count). The maximum absolute atomic E-state index is 12.4. The maximum Gasteiger partial charge on any atom is 0.311 e. The summed E-state index contributed by atoms with van der Waals surface area (Å²) in [7, 11) is 0. The predicted octanol–water partition coefficient (Wildman–Crippen LogP) is 1.32. The first kappa shape index (κ1) is 15.5. The summed E-state index contributed by atoms with van der Waals surface area (Å²) in [6, 6.07) is 3.53. The van der Waals surface area contributed by atoms with Crippen LogP contribution in [0.5, 0.6) is 0 Å². The molecule has 1 aliphatic rings. The van der Waals surface area contributed by atoms with Gasteiger partial charge in [0.25, 0.3) is 5.91 Å². The quantitative estimate of drug-likeness (QED) is 0.878. The standard InChI is InChI=1S/C14H18N2O4S/c1-9(17)15-7-10-3-4-11(21-10)12(18)16-6-5-14(2,8-16)13(19)20/h3-4H,5-8H2,1-2H3,(H,15,17)(H,19,20)/t14-/m0/s1. The summed E-state index contributed by atoms with van der Waals surface area (Å²) in [6.07, 6.45) is 0.470. The van der Waals surface area contributed by atoms with Crippen molar-refractivity contribution in [2.45, 2.75) is 26.8 Å². The van der Waals surface area contributed by atoms with Crippen molar-refractivity contribution >= 4 is 29.1 Å². The Bertz CT molecular complexity index is 583. The van der Waals surface area contributed by atoms with Crippen LogP contribution in [-0.4, -0.2) is 40.9 Å². The molecular formula is C14H18N2O4S. The van der Waals surface area contributed by atoms with Gasteiger partial charge in [0.2, 0.25) is 5.91 Å². The van der Waals surface area contributed by atoms with E-state index < -0.39 is 11.4 Å². The van der Waals surface area contributed by atoms with E-state index in [1.807, 2.05) is 0 Å². The molecule has 7 heteroatoms. The van der Waals surface area contributed by atoms with Gasteiger partial charge in [-0.05, 0) is 25.5 Å². The van der Waals surface area contributed by atoms with E-state index in [1.165, 1.54) is 18.3 Å². The number of likely N-dealkylation sites (tertiary alicyclic amines) is 1. The molecule has 1 aromatic rings. The number of hydrogen-bond donors (Lipinski definition) is 2. The minimum absolute atomic E-state index is 0.118. The van der Waals surface area contributed by atoms with Gasteiger partial charge in [-0.2, -0.15) is 0 Å². The van der Waals surface area contributed by atoms with Crippen molar-refractivity contribution in [1.29, 1.82) is 0 Å². The summed E-state index contributed by atoms with van der Waals surface area (Å²) in [5.74, 6) is -1.12. The van der Waals surface area contributed by atoms with Gasteiger partial charge in [0, 0.05) is 24.9 Å². The Morgan fingerprint density at radius 1 is 1.43 bits per heavy atom. The lowest BCUT2D eigenvalue weighted by molar-refractivity contribution is -0.147. The molecule has 6 nitrogen and oxygen atoms in total. The van der Waals surface area contributed by atoms with Crippen LogP contribution in [0.25, 0.3) is 0 Å². The number of rotatable bonds is 4. The average molecular weight is 310 g/mol. The highest BCUT2D eigenvalue weighted by Crippen LogP contribution is 2.31. The van der Waals surface area contributed by atoms with Crippen LogP contribution in [0.3, 0.4) is 0 Å². The third-order valence-electron chi connectivity index (χ3n) is 3.66. The van der Waals surface area contributed by atoms with Crippen molar-refractivity contribution in [3.63, 3.8) is 0 Å². The van der Waals surface area contributed by atoms with Crippen LogP contribution in [-0.2, 0) is 16.1 Å². The minimum Gasteiger partial charge on any atom is -0.481 e. The van der Waals surface area contributed by atoms with Crippen molar-refractivity contribution < 1.29 is 19.5 Å². The number of carboxylic acid groups (broad SMARTS) is 1. The predicted molar refractivity (Wildman–Crippen MR) is 78.1 cm³/mol. The largest absolute Gasteiger partial charge is 0.481 e. The minimum atomic E-state index is -0.865. The second-order valence-electron chi connectivity index (χ2n) is 5.52. The maximum atomic E-state index is 12.4. The fourth-order valence-electron chi connectivity index (χ4n) is 2.26. The zero-order valence-electron chi connectivity index (χ0n) is 12.0. The van der Waals surface area contributed by atoms with E-state index >= 15 is 0 Å². The molecule has 2 heterocycles. The molecule has 2 N–H and O–H groups in total. The molecule has 0 spiro atoms. The molecule has 0 radical (unpaired) electrons. The van der Waals surface area contributed by atoms with Gasteiger partial charge in [-0.25, -0.2) is 0 Å². The van der Waals surface area contributed by atoms with E-state index in [0.29, 0.717) is 24.4 Å². The normalized spacial score (nSPS) is 21.3. The number of thiophene rings is 1. The summed E-state index contributed by atoms with van der Waals surface area (Å²) in [5, 5.41) is 11.9. The molecule has 1 atom stereocenters. The summed E-state index contributed by atoms with van der Waals surface area (Å²) in [5.41, 5.74) is -0.855.